The molecule has 7 heteroatoms. The van der Waals surface area contributed by atoms with E-state index in [1.807, 2.05) is 12.2 Å². The normalized spacial score (nSPS) is 26.3. The van der Waals surface area contributed by atoms with E-state index < -0.39 is 21.5 Å². The van der Waals surface area contributed by atoms with Crippen LogP contribution in [0, 0.1) is 17.8 Å². The van der Waals surface area contributed by atoms with Crippen molar-refractivity contribution in [2.24, 2.45) is 17.8 Å². The summed E-state index contributed by atoms with van der Waals surface area (Å²) in [6.07, 6.45) is 13.6. The topological polar surface area (TPSA) is 101 Å². The molecule has 5 atom stereocenters. The fourth-order valence-corrected chi connectivity index (χ4v) is 5.88. The maximum atomic E-state index is 11.9. The highest BCUT2D eigenvalue weighted by Crippen LogP contribution is 2.42. The molecule has 0 heterocycles. The van der Waals surface area contributed by atoms with Crippen molar-refractivity contribution in [2.75, 3.05) is 19.1 Å². The summed E-state index contributed by atoms with van der Waals surface area (Å²) >= 11 is 0. The number of hydrogen-bond acceptors (Lipinski definition) is 6. The molecule has 0 amide bonds. The Balaban J connectivity index is 2.74. The van der Waals surface area contributed by atoms with Gasteiger partial charge in [-0.25, -0.2) is 8.42 Å². The van der Waals surface area contributed by atoms with Crippen LogP contribution in [0.3, 0.4) is 0 Å². The summed E-state index contributed by atoms with van der Waals surface area (Å²) in [7, 11) is -1.76. The molecule has 2 N–H and O–H groups in total. The lowest BCUT2D eigenvalue weighted by atomic mass is 9.84. The van der Waals surface area contributed by atoms with Crippen molar-refractivity contribution in [3.8, 4) is 0 Å². The quantitative estimate of drug-likeness (QED) is 0.217. The summed E-state index contributed by atoms with van der Waals surface area (Å²) in [4.78, 5) is 11.2. The van der Waals surface area contributed by atoms with Gasteiger partial charge in [0.15, 0.2) is 0 Å². The molecule has 1 fully saturated rings. The van der Waals surface area contributed by atoms with Gasteiger partial charge in [-0.1, -0.05) is 57.6 Å². The van der Waals surface area contributed by atoms with Gasteiger partial charge in [0.05, 0.1) is 24.6 Å². The summed E-state index contributed by atoms with van der Waals surface area (Å²) in [6, 6.07) is 0. The first-order valence-electron chi connectivity index (χ1n) is 11.8. The van der Waals surface area contributed by atoms with Gasteiger partial charge in [0.2, 0.25) is 0 Å². The van der Waals surface area contributed by atoms with Crippen LogP contribution in [0.2, 0.25) is 0 Å². The van der Waals surface area contributed by atoms with E-state index in [1.165, 1.54) is 13.4 Å². The molecule has 1 rings (SSSR count). The lowest BCUT2D eigenvalue weighted by molar-refractivity contribution is -0.140. The number of carbonyl (C=O) groups excluding carboxylic acids is 1. The van der Waals surface area contributed by atoms with Crippen LogP contribution in [0.1, 0.15) is 84.5 Å². The summed E-state index contributed by atoms with van der Waals surface area (Å²) in [5, 5.41) is 21.4. The highest BCUT2D eigenvalue weighted by molar-refractivity contribution is 7.90. The number of unbranched alkanes of at least 4 members (excludes halogenated alkanes) is 5. The smallest absolute Gasteiger partial charge is 0.305 e. The maximum Gasteiger partial charge on any atom is 0.305 e. The van der Waals surface area contributed by atoms with Crippen LogP contribution in [0.25, 0.3) is 0 Å². The summed E-state index contributed by atoms with van der Waals surface area (Å²) in [5.41, 5.74) is -0.920. The van der Waals surface area contributed by atoms with Crippen LogP contribution in [0.15, 0.2) is 12.2 Å². The molecule has 182 valence electrons. The predicted octanol–water partition coefficient (Wildman–Crippen LogP) is 4.05. The molecule has 1 saturated carbocycles. The Morgan fingerprint density at radius 3 is 2.45 bits per heavy atom. The number of aliphatic hydroxyl groups is 2. The number of aliphatic hydroxyl groups excluding tert-OH is 1. The molecule has 0 spiro atoms. The molecule has 1 unspecified atom stereocenters. The Kier molecular flexibility index (Phi) is 12.3. The number of ether oxygens (including phenoxy) is 1. The van der Waals surface area contributed by atoms with Gasteiger partial charge in [0.1, 0.15) is 9.84 Å². The zero-order valence-electron chi connectivity index (χ0n) is 19.9. The number of allylic oxidation sites excluding steroid dienone is 1. The summed E-state index contributed by atoms with van der Waals surface area (Å²) < 4.78 is 28.5. The molecule has 1 aliphatic rings. The van der Waals surface area contributed by atoms with Crippen molar-refractivity contribution >= 4 is 15.8 Å². The Morgan fingerprint density at radius 2 is 1.84 bits per heavy atom. The highest BCUT2D eigenvalue weighted by atomic mass is 32.2. The monoisotopic (exact) mass is 460 g/mol. The Bertz CT molecular complexity index is 655. The van der Waals surface area contributed by atoms with Crippen molar-refractivity contribution in [1.29, 1.82) is 0 Å². The van der Waals surface area contributed by atoms with Crippen LogP contribution in [0.5, 0.6) is 0 Å². The van der Waals surface area contributed by atoms with Gasteiger partial charge in [-0.05, 0) is 50.4 Å². The summed E-state index contributed by atoms with van der Waals surface area (Å²) in [6.45, 7) is 3.92. The van der Waals surface area contributed by atoms with Gasteiger partial charge in [0, 0.05) is 12.7 Å². The lowest BCUT2D eigenvalue weighted by Gasteiger charge is -2.25. The minimum absolute atomic E-state index is 0.00458. The van der Waals surface area contributed by atoms with Crippen molar-refractivity contribution in [3.05, 3.63) is 12.2 Å². The lowest BCUT2D eigenvalue weighted by Crippen LogP contribution is -2.25. The van der Waals surface area contributed by atoms with Gasteiger partial charge in [-0.2, -0.15) is 0 Å². The number of esters is 1. The van der Waals surface area contributed by atoms with E-state index in [4.69, 9.17) is 0 Å². The molecule has 0 bridgehead atoms. The van der Waals surface area contributed by atoms with Crippen molar-refractivity contribution in [3.63, 3.8) is 0 Å². The molecule has 0 aromatic heterocycles. The van der Waals surface area contributed by atoms with E-state index in [9.17, 15) is 23.4 Å². The average molecular weight is 461 g/mol. The second-order valence-corrected chi connectivity index (χ2v) is 11.8. The number of rotatable bonds is 15. The maximum absolute atomic E-state index is 11.9. The third-order valence-corrected chi connectivity index (χ3v) is 7.49. The third-order valence-electron chi connectivity index (χ3n) is 6.45. The minimum atomic E-state index is -3.15. The highest BCUT2D eigenvalue weighted by Gasteiger charge is 2.42. The summed E-state index contributed by atoms with van der Waals surface area (Å²) in [5.74, 6) is -0.317. The second kappa shape index (κ2) is 13.6. The number of methoxy groups -OCH3 is 1. The SMILES string of the molecule is CCCCCC(C)(O)C=C[C@H]1[C@H](CS(C)(=O)=O)C[C@@H](O)[C@@H]1CCCCCCC(=O)OC. The zero-order valence-corrected chi connectivity index (χ0v) is 20.7. The molecule has 31 heavy (non-hydrogen) atoms. The number of hydrogen-bond donors (Lipinski definition) is 2. The molecular weight excluding hydrogens is 416 g/mol. The van der Waals surface area contributed by atoms with Crippen LogP contribution in [-0.2, 0) is 19.4 Å². The molecule has 0 aromatic carbocycles. The molecule has 1 aliphatic carbocycles. The average Bonchev–Trinajstić information content (AvgIpc) is 2.95. The standard InChI is InChI=1S/C24H44O6S/c1-5-6-11-15-24(2,27)16-14-20-19(18-31(4,28)29)17-22(25)21(20)12-9-7-8-10-13-23(26)30-3/h14,16,19-22,25,27H,5-13,15,17-18H2,1-4H3/t19-,20-,21+,22+,24?/m0/s1. The third kappa shape index (κ3) is 11.5. The van der Waals surface area contributed by atoms with Crippen LogP contribution in [-0.4, -0.2) is 55.4 Å². The van der Waals surface area contributed by atoms with Gasteiger partial charge in [0.25, 0.3) is 0 Å². The molecule has 6 nitrogen and oxygen atoms in total. The Hall–Kier alpha value is -0.920. The van der Waals surface area contributed by atoms with Crippen LogP contribution in [0.4, 0.5) is 0 Å². The van der Waals surface area contributed by atoms with E-state index in [2.05, 4.69) is 11.7 Å². The Labute approximate surface area is 189 Å². The first-order chi connectivity index (χ1) is 14.5. The number of sulfone groups is 1. The van der Waals surface area contributed by atoms with Gasteiger partial charge >= 0.3 is 5.97 Å². The predicted molar refractivity (Wildman–Crippen MR) is 124 cm³/mol. The van der Waals surface area contributed by atoms with E-state index >= 15 is 0 Å². The van der Waals surface area contributed by atoms with Crippen molar-refractivity contribution in [2.45, 2.75) is 96.2 Å². The Morgan fingerprint density at radius 1 is 1.16 bits per heavy atom. The molecule has 0 aromatic rings. The van der Waals surface area contributed by atoms with E-state index in [0.29, 0.717) is 19.3 Å². The van der Waals surface area contributed by atoms with E-state index in [1.54, 1.807) is 6.92 Å². The first kappa shape index (κ1) is 28.1. The number of carbonyl (C=O) groups is 1. The second-order valence-electron chi connectivity index (χ2n) is 9.60. The van der Waals surface area contributed by atoms with Crippen LogP contribution < -0.4 is 0 Å². The minimum Gasteiger partial charge on any atom is -0.469 e. The molecular formula is C24H44O6S. The fraction of sp³-hybridized carbons (Fsp3) is 0.875. The molecule has 0 saturated heterocycles. The zero-order chi connectivity index (χ0) is 23.5. The van der Waals surface area contributed by atoms with Gasteiger partial charge in [-0.15, -0.1) is 0 Å². The van der Waals surface area contributed by atoms with Crippen molar-refractivity contribution in [1.82, 2.24) is 0 Å². The largest absolute Gasteiger partial charge is 0.469 e. The van der Waals surface area contributed by atoms with Crippen molar-refractivity contribution < 1.29 is 28.2 Å². The first-order valence-corrected chi connectivity index (χ1v) is 13.9. The fourth-order valence-electron chi connectivity index (χ4n) is 4.74. The van der Waals surface area contributed by atoms with Gasteiger partial charge in [-0.3, -0.25) is 4.79 Å². The van der Waals surface area contributed by atoms with E-state index in [-0.39, 0.29) is 29.5 Å². The van der Waals surface area contributed by atoms with E-state index in [0.717, 1.165) is 51.4 Å². The van der Waals surface area contributed by atoms with Gasteiger partial charge < -0.3 is 14.9 Å². The molecule has 0 aliphatic heterocycles. The molecule has 0 radical (unpaired) electrons. The van der Waals surface area contributed by atoms with Crippen LogP contribution >= 0.6 is 0 Å².